The van der Waals surface area contributed by atoms with E-state index in [1.54, 1.807) is 35.4 Å². The normalized spacial score (nSPS) is 13.6. The van der Waals surface area contributed by atoms with E-state index in [1.165, 1.54) is 17.0 Å². The maximum absolute atomic E-state index is 13.0. The van der Waals surface area contributed by atoms with Gasteiger partial charge in [-0.05, 0) is 40.2 Å². The number of phenolic OH excluding ortho intramolecular Hbond substituents is 1. The van der Waals surface area contributed by atoms with E-state index in [0.29, 0.717) is 18.8 Å². The number of amides is 2. The largest absolute Gasteiger partial charge is 0.505 e. The van der Waals surface area contributed by atoms with Crippen molar-refractivity contribution in [2.45, 2.75) is 0 Å². The van der Waals surface area contributed by atoms with Crippen LogP contribution in [0.1, 0.15) is 20.8 Å². The van der Waals surface area contributed by atoms with Crippen LogP contribution in [0.25, 0.3) is 0 Å². The number of anilines is 2. The Morgan fingerprint density at radius 2 is 1.61 bits per heavy atom. The number of aromatic hydroxyl groups is 1. The van der Waals surface area contributed by atoms with E-state index in [4.69, 9.17) is 0 Å². The van der Waals surface area contributed by atoms with E-state index in [-0.39, 0.29) is 46.2 Å². The summed E-state index contributed by atoms with van der Waals surface area (Å²) in [4.78, 5) is 56.6. The highest BCUT2D eigenvalue weighted by molar-refractivity contribution is 9.10. The first-order valence-corrected chi connectivity index (χ1v) is 10.7. The topological polar surface area (TPSA) is 151 Å². The number of carbonyl (C=O) groups excluding carboxylic acids is 2. The molecule has 0 aliphatic carbocycles. The molecule has 0 atom stereocenters. The van der Waals surface area contributed by atoms with E-state index in [0.717, 1.165) is 0 Å². The number of rotatable bonds is 4. The van der Waals surface area contributed by atoms with Gasteiger partial charge in [0.25, 0.3) is 22.9 Å². The number of H-pyrrole nitrogens is 2. The standard InChI is InChI=1S/C21H19BrN6O5/c22-15-16(19(31)26-25-18(15)30)24-13-6-3-4-12(17(13)29)20(32)27-8-10-28(11-9-27)21(33)14-5-1-2-7-23-14/h1-7,29H,8-11H2,(H,26,31)(H2,24,25,30). The molecule has 1 fully saturated rings. The molecule has 2 amide bonds. The van der Waals surface area contributed by atoms with E-state index in [9.17, 15) is 24.3 Å². The van der Waals surface area contributed by atoms with Crippen molar-refractivity contribution in [2.75, 3.05) is 31.5 Å². The van der Waals surface area contributed by atoms with Crippen molar-refractivity contribution in [1.29, 1.82) is 0 Å². The Kier molecular flexibility index (Phi) is 6.27. The zero-order valence-electron chi connectivity index (χ0n) is 17.2. The monoisotopic (exact) mass is 514 g/mol. The number of benzene rings is 1. The van der Waals surface area contributed by atoms with Crippen LogP contribution < -0.4 is 16.4 Å². The number of pyridine rings is 1. The van der Waals surface area contributed by atoms with Crippen LogP contribution in [0.3, 0.4) is 0 Å². The first-order valence-electron chi connectivity index (χ1n) is 9.96. The fourth-order valence-electron chi connectivity index (χ4n) is 3.44. The number of hydrogen-bond acceptors (Lipinski definition) is 7. The highest BCUT2D eigenvalue weighted by atomic mass is 79.9. The minimum atomic E-state index is -0.619. The second kappa shape index (κ2) is 9.28. The van der Waals surface area contributed by atoms with Gasteiger partial charge in [-0.25, -0.2) is 0 Å². The van der Waals surface area contributed by atoms with Crippen molar-refractivity contribution in [3.05, 3.63) is 79.0 Å². The fourth-order valence-corrected chi connectivity index (χ4v) is 3.82. The lowest BCUT2D eigenvalue weighted by molar-refractivity contribution is 0.0530. The van der Waals surface area contributed by atoms with Gasteiger partial charge in [0.15, 0.2) is 5.75 Å². The Hall–Kier alpha value is -3.93. The molecule has 0 unspecified atom stereocenters. The van der Waals surface area contributed by atoms with Gasteiger partial charge in [0.1, 0.15) is 15.9 Å². The maximum Gasteiger partial charge on any atom is 0.287 e. The lowest BCUT2D eigenvalue weighted by atomic mass is 10.1. The molecule has 0 spiro atoms. The van der Waals surface area contributed by atoms with Crippen molar-refractivity contribution >= 4 is 39.1 Å². The molecule has 1 aliphatic heterocycles. The van der Waals surface area contributed by atoms with Crippen molar-refractivity contribution in [3.63, 3.8) is 0 Å². The third-order valence-electron chi connectivity index (χ3n) is 5.20. The number of para-hydroxylation sites is 1. The van der Waals surface area contributed by atoms with Gasteiger partial charge in [0.05, 0.1) is 11.3 Å². The highest BCUT2D eigenvalue weighted by Gasteiger charge is 2.28. The molecule has 0 bridgehead atoms. The summed E-state index contributed by atoms with van der Waals surface area (Å²) in [6.07, 6.45) is 1.55. The van der Waals surface area contributed by atoms with Crippen LogP contribution in [-0.2, 0) is 0 Å². The fraction of sp³-hybridized carbons (Fsp3) is 0.190. The van der Waals surface area contributed by atoms with Gasteiger partial charge >= 0.3 is 0 Å². The van der Waals surface area contributed by atoms with E-state index in [1.807, 2.05) is 0 Å². The molecule has 33 heavy (non-hydrogen) atoms. The van der Waals surface area contributed by atoms with E-state index < -0.39 is 17.0 Å². The molecule has 0 radical (unpaired) electrons. The van der Waals surface area contributed by atoms with Crippen LogP contribution in [0.2, 0.25) is 0 Å². The van der Waals surface area contributed by atoms with Crippen molar-refractivity contribution in [3.8, 4) is 5.75 Å². The van der Waals surface area contributed by atoms with Gasteiger partial charge in [-0.15, -0.1) is 0 Å². The molecule has 4 rings (SSSR count). The molecule has 4 N–H and O–H groups in total. The SMILES string of the molecule is O=C(c1ccccn1)N1CCN(C(=O)c2cccc(Nc3c(Br)c(=O)[nH][nH]c3=O)c2O)CC1. The molecule has 11 nitrogen and oxygen atoms in total. The van der Waals surface area contributed by atoms with Crippen LogP contribution in [0.15, 0.2) is 56.7 Å². The van der Waals surface area contributed by atoms with E-state index in [2.05, 4.69) is 36.4 Å². The van der Waals surface area contributed by atoms with Crippen LogP contribution in [0, 0.1) is 0 Å². The van der Waals surface area contributed by atoms with Crippen molar-refractivity contribution in [2.24, 2.45) is 0 Å². The minimum Gasteiger partial charge on any atom is -0.505 e. The van der Waals surface area contributed by atoms with Gasteiger partial charge in [-0.1, -0.05) is 12.1 Å². The summed E-state index contributed by atoms with van der Waals surface area (Å²) >= 11 is 3.04. The number of piperazine rings is 1. The predicted octanol–water partition coefficient (Wildman–Crippen LogP) is 1.27. The number of halogens is 1. The Morgan fingerprint density at radius 1 is 0.939 bits per heavy atom. The molecule has 12 heteroatoms. The molecule has 3 aromatic rings. The Bertz CT molecular complexity index is 1310. The number of nitrogens with zero attached hydrogens (tertiary/aromatic N) is 3. The van der Waals surface area contributed by atoms with Crippen LogP contribution in [-0.4, -0.2) is 68.1 Å². The zero-order valence-corrected chi connectivity index (χ0v) is 18.8. The third kappa shape index (κ3) is 4.51. The quantitative estimate of drug-likeness (QED) is 0.382. The smallest absolute Gasteiger partial charge is 0.287 e. The first kappa shape index (κ1) is 22.3. The van der Waals surface area contributed by atoms with Crippen molar-refractivity contribution < 1.29 is 14.7 Å². The number of aromatic amines is 2. The molecule has 1 saturated heterocycles. The summed E-state index contributed by atoms with van der Waals surface area (Å²) in [5.74, 6) is -0.980. The Morgan fingerprint density at radius 3 is 2.27 bits per heavy atom. The lowest BCUT2D eigenvalue weighted by Crippen LogP contribution is -2.50. The lowest BCUT2D eigenvalue weighted by Gasteiger charge is -2.34. The molecule has 1 aromatic carbocycles. The summed E-state index contributed by atoms with van der Waals surface area (Å²) in [5.41, 5.74) is -0.841. The molecule has 170 valence electrons. The molecule has 1 aliphatic rings. The number of aromatic nitrogens is 3. The summed E-state index contributed by atoms with van der Waals surface area (Å²) in [6.45, 7) is 1.23. The van der Waals surface area contributed by atoms with E-state index >= 15 is 0 Å². The second-order valence-corrected chi connectivity index (χ2v) is 8.02. The number of hydrogen-bond donors (Lipinski definition) is 4. The number of carbonyl (C=O) groups is 2. The Labute approximate surface area is 195 Å². The average Bonchev–Trinajstić information content (AvgIpc) is 2.85. The van der Waals surface area contributed by atoms with Gasteiger partial charge in [0.2, 0.25) is 0 Å². The molecule has 2 aromatic heterocycles. The highest BCUT2D eigenvalue weighted by Crippen LogP contribution is 2.31. The number of phenols is 1. The summed E-state index contributed by atoms with van der Waals surface area (Å²) in [5, 5.41) is 17.7. The Balaban J connectivity index is 1.49. The van der Waals surface area contributed by atoms with Crippen LogP contribution >= 0.6 is 15.9 Å². The summed E-state index contributed by atoms with van der Waals surface area (Å²) in [6, 6.07) is 9.59. The zero-order chi connectivity index (χ0) is 23.5. The van der Waals surface area contributed by atoms with Crippen LogP contribution in [0.5, 0.6) is 5.75 Å². The summed E-state index contributed by atoms with van der Waals surface area (Å²) in [7, 11) is 0. The van der Waals surface area contributed by atoms with Crippen molar-refractivity contribution in [1.82, 2.24) is 25.0 Å². The van der Waals surface area contributed by atoms with Gasteiger partial charge in [0, 0.05) is 32.4 Å². The van der Waals surface area contributed by atoms with Crippen LogP contribution in [0.4, 0.5) is 11.4 Å². The minimum absolute atomic E-state index is 0.0295. The summed E-state index contributed by atoms with van der Waals surface area (Å²) < 4.78 is -0.0453. The maximum atomic E-state index is 13.0. The van der Waals surface area contributed by atoms with Gasteiger partial charge in [-0.3, -0.25) is 34.4 Å². The molecule has 3 heterocycles. The number of nitrogens with one attached hydrogen (secondary N) is 3. The average molecular weight is 515 g/mol. The third-order valence-corrected chi connectivity index (χ3v) is 5.96. The molecular weight excluding hydrogens is 496 g/mol. The molecule has 0 saturated carbocycles. The first-order chi connectivity index (χ1) is 15.9. The predicted molar refractivity (Wildman–Crippen MR) is 123 cm³/mol. The second-order valence-electron chi connectivity index (χ2n) is 7.22. The van der Waals surface area contributed by atoms with Gasteiger partial charge < -0.3 is 20.2 Å². The molecular formula is C21H19BrN6O5. The van der Waals surface area contributed by atoms with Gasteiger partial charge in [-0.2, -0.15) is 0 Å².